The molecule has 1 N–H and O–H groups in total. The van der Waals surface area contributed by atoms with E-state index in [0.29, 0.717) is 0 Å². The number of halogens is 1. The highest BCUT2D eigenvalue weighted by atomic mass is 79.9. The molecule has 0 saturated heterocycles. The smallest absolute Gasteiger partial charge is 0.226 e. The van der Waals surface area contributed by atoms with Gasteiger partial charge >= 0.3 is 0 Å². The lowest BCUT2D eigenvalue weighted by atomic mass is 10.2. The van der Waals surface area contributed by atoms with E-state index < -0.39 is 0 Å². The van der Waals surface area contributed by atoms with E-state index in [1.807, 2.05) is 26.0 Å². The van der Waals surface area contributed by atoms with Crippen molar-refractivity contribution < 1.29 is 9.53 Å². The minimum absolute atomic E-state index is 0.00654. The van der Waals surface area contributed by atoms with Crippen molar-refractivity contribution in [1.29, 1.82) is 0 Å². The maximum absolute atomic E-state index is 11.4. The molecule has 1 rings (SSSR count). The molecule has 0 fully saturated rings. The summed E-state index contributed by atoms with van der Waals surface area (Å²) in [5.41, 5.74) is 0.765. The zero-order valence-corrected chi connectivity index (χ0v) is 10.6. The lowest BCUT2D eigenvalue weighted by Crippen LogP contribution is -2.17. The van der Waals surface area contributed by atoms with E-state index in [-0.39, 0.29) is 11.8 Å². The topological polar surface area (TPSA) is 38.3 Å². The first kappa shape index (κ1) is 12.0. The normalized spacial score (nSPS) is 10.2. The Morgan fingerprint density at radius 1 is 1.47 bits per heavy atom. The standard InChI is InChI=1S/C11H14BrNO2/c1-7(2)11(14)13-8-4-5-10(15-3)9(12)6-8/h4-7H,1-3H3,(H,13,14). The molecule has 0 aliphatic heterocycles. The van der Waals surface area contributed by atoms with Crippen molar-refractivity contribution >= 4 is 27.5 Å². The Morgan fingerprint density at radius 3 is 2.60 bits per heavy atom. The third kappa shape index (κ3) is 3.23. The third-order valence-electron chi connectivity index (χ3n) is 1.94. The molecule has 1 aromatic rings. The number of amides is 1. The molecular weight excluding hydrogens is 258 g/mol. The Hall–Kier alpha value is -1.03. The van der Waals surface area contributed by atoms with Gasteiger partial charge in [-0.15, -0.1) is 0 Å². The van der Waals surface area contributed by atoms with Crippen LogP contribution in [0.25, 0.3) is 0 Å². The Balaban J connectivity index is 2.80. The fourth-order valence-corrected chi connectivity index (χ4v) is 1.57. The second-order valence-electron chi connectivity index (χ2n) is 3.49. The molecular formula is C11H14BrNO2. The number of carbonyl (C=O) groups excluding carboxylic acids is 1. The van der Waals surface area contributed by atoms with Gasteiger partial charge in [0.05, 0.1) is 11.6 Å². The number of benzene rings is 1. The monoisotopic (exact) mass is 271 g/mol. The molecule has 1 amide bonds. The summed E-state index contributed by atoms with van der Waals surface area (Å²) in [4.78, 5) is 11.4. The second kappa shape index (κ2) is 5.16. The minimum atomic E-state index is -0.0223. The molecule has 0 unspecified atom stereocenters. The van der Waals surface area contributed by atoms with Crippen LogP contribution in [-0.2, 0) is 4.79 Å². The van der Waals surface area contributed by atoms with Crippen molar-refractivity contribution in [2.45, 2.75) is 13.8 Å². The summed E-state index contributed by atoms with van der Waals surface area (Å²) in [6.07, 6.45) is 0. The molecule has 82 valence electrons. The number of anilines is 1. The van der Waals surface area contributed by atoms with E-state index in [1.54, 1.807) is 13.2 Å². The molecule has 0 aliphatic carbocycles. The van der Waals surface area contributed by atoms with Crippen LogP contribution in [0.3, 0.4) is 0 Å². The summed E-state index contributed by atoms with van der Waals surface area (Å²) in [7, 11) is 1.60. The number of carbonyl (C=O) groups is 1. The molecule has 4 heteroatoms. The Labute approximate surface area is 97.9 Å². The molecule has 0 aliphatic rings. The van der Waals surface area contributed by atoms with Crippen molar-refractivity contribution in [3.8, 4) is 5.75 Å². The van der Waals surface area contributed by atoms with Crippen molar-refractivity contribution in [3.05, 3.63) is 22.7 Å². The number of ether oxygens (including phenoxy) is 1. The number of hydrogen-bond donors (Lipinski definition) is 1. The largest absolute Gasteiger partial charge is 0.496 e. The molecule has 0 saturated carbocycles. The van der Waals surface area contributed by atoms with Gasteiger partial charge in [-0.2, -0.15) is 0 Å². The molecule has 0 aromatic heterocycles. The van der Waals surface area contributed by atoms with Crippen LogP contribution >= 0.6 is 15.9 Å². The van der Waals surface area contributed by atoms with Gasteiger partial charge in [0.1, 0.15) is 5.75 Å². The van der Waals surface area contributed by atoms with Gasteiger partial charge < -0.3 is 10.1 Å². The average Bonchev–Trinajstić information content (AvgIpc) is 2.18. The first-order valence-electron chi connectivity index (χ1n) is 4.69. The SMILES string of the molecule is COc1ccc(NC(=O)C(C)C)cc1Br. The lowest BCUT2D eigenvalue weighted by Gasteiger charge is -2.09. The van der Waals surface area contributed by atoms with Crippen molar-refractivity contribution in [2.75, 3.05) is 12.4 Å². The Morgan fingerprint density at radius 2 is 2.13 bits per heavy atom. The van der Waals surface area contributed by atoms with E-state index in [2.05, 4.69) is 21.2 Å². The lowest BCUT2D eigenvalue weighted by molar-refractivity contribution is -0.118. The van der Waals surface area contributed by atoms with E-state index in [9.17, 15) is 4.79 Å². The van der Waals surface area contributed by atoms with Crippen molar-refractivity contribution in [1.82, 2.24) is 0 Å². The number of methoxy groups -OCH3 is 1. The van der Waals surface area contributed by atoms with Crippen LogP contribution in [0.1, 0.15) is 13.8 Å². The number of hydrogen-bond acceptors (Lipinski definition) is 2. The fraction of sp³-hybridized carbons (Fsp3) is 0.364. The predicted octanol–water partition coefficient (Wildman–Crippen LogP) is 3.05. The van der Waals surface area contributed by atoms with E-state index in [0.717, 1.165) is 15.9 Å². The summed E-state index contributed by atoms with van der Waals surface area (Å²) >= 11 is 3.36. The van der Waals surface area contributed by atoms with Crippen LogP contribution in [0.15, 0.2) is 22.7 Å². The highest BCUT2D eigenvalue weighted by molar-refractivity contribution is 9.10. The molecule has 3 nitrogen and oxygen atoms in total. The van der Waals surface area contributed by atoms with Gasteiger partial charge in [0, 0.05) is 11.6 Å². The summed E-state index contributed by atoms with van der Waals surface area (Å²) in [6.45, 7) is 3.71. The van der Waals surface area contributed by atoms with Gasteiger partial charge in [0.2, 0.25) is 5.91 Å². The van der Waals surface area contributed by atoms with Gasteiger partial charge in [-0.3, -0.25) is 4.79 Å². The molecule has 0 bridgehead atoms. The van der Waals surface area contributed by atoms with Crippen molar-refractivity contribution in [2.24, 2.45) is 5.92 Å². The van der Waals surface area contributed by atoms with Gasteiger partial charge in [-0.1, -0.05) is 13.8 Å². The summed E-state index contributed by atoms with van der Waals surface area (Å²) in [5.74, 6) is 0.732. The van der Waals surface area contributed by atoms with Crippen LogP contribution < -0.4 is 10.1 Å². The number of nitrogens with one attached hydrogen (secondary N) is 1. The van der Waals surface area contributed by atoms with E-state index in [1.165, 1.54) is 0 Å². The zero-order valence-electron chi connectivity index (χ0n) is 9.00. The average molecular weight is 272 g/mol. The minimum Gasteiger partial charge on any atom is -0.496 e. The quantitative estimate of drug-likeness (QED) is 0.918. The molecule has 0 atom stereocenters. The molecule has 0 spiro atoms. The molecule has 15 heavy (non-hydrogen) atoms. The van der Waals surface area contributed by atoms with E-state index in [4.69, 9.17) is 4.74 Å². The maximum Gasteiger partial charge on any atom is 0.226 e. The third-order valence-corrected chi connectivity index (χ3v) is 2.56. The van der Waals surface area contributed by atoms with Gasteiger partial charge in [0.15, 0.2) is 0 Å². The number of rotatable bonds is 3. The highest BCUT2D eigenvalue weighted by Gasteiger charge is 2.08. The zero-order chi connectivity index (χ0) is 11.4. The summed E-state index contributed by atoms with van der Waals surface area (Å²) < 4.78 is 5.92. The summed E-state index contributed by atoms with van der Waals surface area (Å²) in [5, 5.41) is 2.81. The van der Waals surface area contributed by atoms with Crippen molar-refractivity contribution in [3.63, 3.8) is 0 Å². The predicted molar refractivity (Wildman–Crippen MR) is 64.2 cm³/mol. The van der Waals surface area contributed by atoms with E-state index >= 15 is 0 Å². The first-order chi connectivity index (χ1) is 7.04. The van der Waals surface area contributed by atoms with Crippen LogP contribution in [0.2, 0.25) is 0 Å². The summed E-state index contributed by atoms with van der Waals surface area (Å²) in [6, 6.07) is 5.43. The van der Waals surface area contributed by atoms with Gasteiger partial charge in [0.25, 0.3) is 0 Å². The molecule has 0 heterocycles. The van der Waals surface area contributed by atoms with Crippen LogP contribution in [-0.4, -0.2) is 13.0 Å². The highest BCUT2D eigenvalue weighted by Crippen LogP contribution is 2.27. The maximum atomic E-state index is 11.4. The molecule has 0 radical (unpaired) electrons. The molecule has 1 aromatic carbocycles. The van der Waals surface area contributed by atoms with Crippen LogP contribution in [0, 0.1) is 5.92 Å². The van der Waals surface area contributed by atoms with Crippen LogP contribution in [0.4, 0.5) is 5.69 Å². The first-order valence-corrected chi connectivity index (χ1v) is 5.48. The fourth-order valence-electron chi connectivity index (χ4n) is 1.03. The second-order valence-corrected chi connectivity index (χ2v) is 4.35. The van der Waals surface area contributed by atoms with Crippen LogP contribution in [0.5, 0.6) is 5.75 Å². The Kier molecular flexibility index (Phi) is 4.15. The van der Waals surface area contributed by atoms with Gasteiger partial charge in [-0.25, -0.2) is 0 Å². The Bertz CT molecular complexity index is 364. The van der Waals surface area contributed by atoms with Gasteiger partial charge in [-0.05, 0) is 34.1 Å².